The fraction of sp³-hybridized carbons (Fsp3) is 0.538. The molecule has 0 aromatic carbocycles. The largest absolute Gasteiger partial charge is 0.493 e. The summed E-state index contributed by atoms with van der Waals surface area (Å²) in [7, 11) is 1.66. The molecule has 1 unspecified atom stereocenters. The number of rotatable bonds is 3. The Hall–Kier alpha value is -1.62. The summed E-state index contributed by atoms with van der Waals surface area (Å²) in [5.74, 6) is 1.69. The van der Waals surface area contributed by atoms with E-state index in [9.17, 15) is 0 Å². The Bertz CT molecular complexity index is 551. The standard InChI is InChI=1S/C13H18N4O/c1-3-16-8-4-6-10(16)12-14-13-11(18-2)7-5-9-17(13)15-12/h5,7,9-10H,3-4,6,8H2,1-2H3. The first kappa shape index (κ1) is 11.5. The number of fused-ring (bicyclic) bond motifs is 1. The van der Waals surface area contributed by atoms with Crippen LogP contribution in [0.25, 0.3) is 5.65 Å². The minimum Gasteiger partial charge on any atom is -0.493 e. The zero-order valence-electron chi connectivity index (χ0n) is 10.8. The number of methoxy groups -OCH3 is 1. The normalized spacial score (nSPS) is 20.7. The second-order valence-electron chi connectivity index (χ2n) is 4.60. The molecule has 0 saturated carbocycles. The van der Waals surface area contributed by atoms with E-state index in [4.69, 9.17) is 4.74 Å². The molecule has 0 radical (unpaired) electrons. The third-order valence-electron chi connectivity index (χ3n) is 3.63. The predicted molar refractivity (Wildman–Crippen MR) is 68.8 cm³/mol. The third kappa shape index (κ3) is 1.75. The van der Waals surface area contributed by atoms with Gasteiger partial charge >= 0.3 is 0 Å². The van der Waals surface area contributed by atoms with Crippen molar-refractivity contribution in [2.24, 2.45) is 0 Å². The van der Waals surface area contributed by atoms with Gasteiger partial charge in [-0.15, -0.1) is 5.10 Å². The first-order valence-electron chi connectivity index (χ1n) is 6.47. The third-order valence-corrected chi connectivity index (χ3v) is 3.63. The molecule has 5 nitrogen and oxygen atoms in total. The molecule has 5 heteroatoms. The fourth-order valence-electron chi connectivity index (χ4n) is 2.70. The molecule has 0 aliphatic carbocycles. The summed E-state index contributed by atoms with van der Waals surface area (Å²) in [5, 5.41) is 4.59. The highest BCUT2D eigenvalue weighted by molar-refractivity contribution is 5.52. The van der Waals surface area contributed by atoms with E-state index in [1.54, 1.807) is 11.6 Å². The van der Waals surface area contributed by atoms with Gasteiger partial charge in [0.2, 0.25) is 0 Å². The highest BCUT2D eigenvalue weighted by Gasteiger charge is 2.28. The summed E-state index contributed by atoms with van der Waals surface area (Å²) in [4.78, 5) is 7.08. The Labute approximate surface area is 106 Å². The molecule has 2 aromatic heterocycles. The van der Waals surface area contributed by atoms with Crippen LogP contribution in [-0.4, -0.2) is 39.7 Å². The lowest BCUT2D eigenvalue weighted by atomic mass is 10.2. The quantitative estimate of drug-likeness (QED) is 0.829. The zero-order chi connectivity index (χ0) is 12.5. The number of ether oxygens (including phenoxy) is 1. The van der Waals surface area contributed by atoms with E-state index in [0.29, 0.717) is 6.04 Å². The Kier molecular flexibility index (Phi) is 2.91. The van der Waals surface area contributed by atoms with Crippen molar-refractivity contribution in [2.75, 3.05) is 20.2 Å². The number of nitrogens with zero attached hydrogens (tertiary/aromatic N) is 4. The average Bonchev–Trinajstić information content (AvgIpc) is 3.03. The second-order valence-corrected chi connectivity index (χ2v) is 4.60. The van der Waals surface area contributed by atoms with Gasteiger partial charge in [-0.2, -0.15) is 0 Å². The van der Waals surface area contributed by atoms with Gasteiger partial charge in [0.25, 0.3) is 0 Å². The number of hydrogen-bond donors (Lipinski definition) is 0. The highest BCUT2D eigenvalue weighted by atomic mass is 16.5. The smallest absolute Gasteiger partial charge is 0.198 e. The Morgan fingerprint density at radius 3 is 3.17 bits per heavy atom. The van der Waals surface area contributed by atoms with E-state index in [2.05, 4.69) is 21.9 Å². The maximum Gasteiger partial charge on any atom is 0.198 e. The van der Waals surface area contributed by atoms with Crippen LogP contribution in [0.15, 0.2) is 18.3 Å². The topological polar surface area (TPSA) is 42.7 Å². The van der Waals surface area contributed by atoms with Crippen molar-refractivity contribution in [1.29, 1.82) is 0 Å². The lowest BCUT2D eigenvalue weighted by Crippen LogP contribution is -2.23. The SMILES string of the molecule is CCN1CCCC1c1nc2c(OC)cccn2n1. The van der Waals surface area contributed by atoms with E-state index in [1.807, 2.05) is 18.3 Å². The van der Waals surface area contributed by atoms with Crippen molar-refractivity contribution in [3.63, 3.8) is 0 Å². The molecular weight excluding hydrogens is 228 g/mol. The molecule has 1 atom stereocenters. The number of hydrogen-bond acceptors (Lipinski definition) is 4. The zero-order valence-corrected chi connectivity index (χ0v) is 10.8. The van der Waals surface area contributed by atoms with Gasteiger partial charge in [0.1, 0.15) is 0 Å². The number of pyridine rings is 1. The van der Waals surface area contributed by atoms with Crippen LogP contribution in [0.3, 0.4) is 0 Å². The average molecular weight is 246 g/mol. The molecule has 3 heterocycles. The van der Waals surface area contributed by atoms with E-state index in [1.165, 1.54) is 6.42 Å². The van der Waals surface area contributed by atoms with Crippen LogP contribution in [0.4, 0.5) is 0 Å². The number of likely N-dealkylation sites (tertiary alicyclic amines) is 1. The van der Waals surface area contributed by atoms with E-state index < -0.39 is 0 Å². The van der Waals surface area contributed by atoms with Gasteiger partial charge in [-0.3, -0.25) is 4.90 Å². The summed E-state index contributed by atoms with van der Waals surface area (Å²) < 4.78 is 7.13. The first-order valence-corrected chi connectivity index (χ1v) is 6.47. The fourth-order valence-corrected chi connectivity index (χ4v) is 2.70. The van der Waals surface area contributed by atoms with Gasteiger partial charge in [-0.05, 0) is 38.1 Å². The molecule has 2 aromatic rings. The first-order chi connectivity index (χ1) is 8.83. The van der Waals surface area contributed by atoms with Gasteiger partial charge in [0, 0.05) is 6.20 Å². The Morgan fingerprint density at radius 2 is 2.39 bits per heavy atom. The van der Waals surface area contributed by atoms with Gasteiger partial charge in [0.05, 0.1) is 13.2 Å². The molecule has 0 bridgehead atoms. The van der Waals surface area contributed by atoms with Crippen LogP contribution in [0.2, 0.25) is 0 Å². The molecule has 1 fully saturated rings. The molecule has 0 N–H and O–H groups in total. The van der Waals surface area contributed by atoms with Crippen LogP contribution < -0.4 is 4.74 Å². The summed E-state index contributed by atoms with van der Waals surface area (Å²) >= 11 is 0. The minimum absolute atomic E-state index is 0.361. The minimum atomic E-state index is 0.361. The van der Waals surface area contributed by atoms with E-state index >= 15 is 0 Å². The molecule has 3 rings (SSSR count). The number of aromatic nitrogens is 3. The lowest BCUT2D eigenvalue weighted by molar-refractivity contribution is 0.262. The van der Waals surface area contributed by atoms with Gasteiger partial charge in [-0.1, -0.05) is 6.92 Å². The molecule has 1 aliphatic heterocycles. The van der Waals surface area contributed by atoms with Crippen LogP contribution in [0, 0.1) is 0 Å². The van der Waals surface area contributed by atoms with E-state index in [-0.39, 0.29) is 0 Å². The molecule has 0 amide bonds. The summed E-state index contributed by atoms with van der Waals surface area (Å²) in [6, 6.07) is 4.20. The van der Waals surface area contributed by atoms with Gasteiger partial charge < -0.3 is 4.74 Å². The predicted octanol–water partition coefficient (Wildman–Crippen LogP) is 1.89. The van der Waals surface area contributed by atoms with Crippen LogP contribution >= 0.6 is 0 Å². The van der Waals surface area contributed by atoms with Crippen molar-refractivity contribution >= 4 is 5.65 Å². The summed E-state index contributed by atoms with van der Waals surface area (Å²) in [6.07, 6.45) is 4.29. The van der Waals surface area contributed by atoms with Crippen molar-refractivity contribution in [3.05, 3.63) is 24.2 Å². The Balaban J connectivity index is 2.03. The van der Waals surface area contributed by atoms with Crippen molar-refractivity contribution in [2.45, 2.75) is 25.8 Å². The molecule has 1 aliphatic rings. The molecular formula is C13H18N4O. The monoisotopic (exact) mass is 246 g/mol. The van der Waals surface area contributed by atoms with Gasteiger partial charge in [-0.25, -0.2) is 9.50 Å². The molecule has 1 saturated heterocycles. The maximum absolute atomic E-state index is 5.32. The van der Waals surface area contributed by atoms with Crippen LogP contribution in [0.5, 0.6) is 5.75 Å². The summed E-state index contributed by atoms with van der Waals surface area (Å²) in [5.41, 5.74) is 0.804. The van der Waals surface area contributed by atoms with Crippen molar-refractivity contribution < 1.29 is 4.74 Å². The molecule has 18 heavy (non-hydrogen) atoms. The Morgan fingerprint density at radius 1 is 1.50 bits per heavy atom. The lowest BCUT2D eigenvalue weighted by Gasteiger charge is -2.19. The van der Waals surface area contributed by atoms with Gasteiger partial charge in [0.15, 0.2) is 17.2 Å². The highest BCUT2D eigenvalue weighted by Crippen LogP contribution is 2.30. The molecule has 0 spiro atoms. The summed E-state index contributed by atoms with van der Waals surface area (Å²) in [6.45, 7) is 4.39. The van der Waals surface area contributed by atoms with E-state index in [0.717, 1.165) is 36.7 Å². The van der Waals surface area contributed by atoms with Crippen LogP contribution in [-0.2, 0) is 0 Å². The van der Waals surface area contributed by atoms with Crippen molar-refractivity contribution in [1.82, 2.24) is 19.5 Å². The van der Waals surface area contributed by atoms with Crippen molar-refractivity contribution in [3.8, 4) is 5.75 Å². The molecule has 96 valence electrons. The maximum atomic E-state index is 5.32. The second kappa shape index (κ2) is 4.57. The van der Waals surface area contributed by atoms with Crippen LogP contribution in [0.1, 0.15) is 31.6 Å².